The maximum absolute atomic E-state index is 13.5. The molecule has 0 saturated carbocycles. The Labute approximate surface area is 198 Å². The van der Waals surface area contributed by atoms with Crippen molar-refractivity contribution < 1.29 is 13.3 Å². The lowest BCUT2D eigenvalue weighted by atomic mass is 10.0. The molecule has 4 rings (SSSR count). The molecule has 168 valence electrons. The van der Waals surface area contributed by atoms with Crippen LogP contribution in [0.4, 0.5) is 5.69 Å². The summed E-state index contributed by atoms with van der Waals surface area (Å²) in [7, 11) is -3.99. The van der Waals surface area contributed by atoms with Crippen molar-refractivity contribution in [3.05, 3.63) is 111 Å². The number of hydrogen-bond donors (Lipinski definition) is 0. The van der Waals surface area contributed by atoms with Crippen LogP contribution in [0.3, 0.4) is 0 Å². The van der Waals surface area contributed by atoms with Gasteiger partial charge in [0.25, 0.3) is 5.69 Å². The minimum atomic E-state index is -3.99. The van der Waals surface area contributed by atoms with Gasteiger partial charge in [-0.15, -0.1) is 0 Å². The van der Waals surface area contributed by atoms with E-state index in [2.05, 4.69) is 23.7 Å². The number of fused-ring (bicyclic) bond motifs is 1. The van der Waals surface area contributed by atoms with E-state index in [-0.39, 0.29) is 23.7 Å². The third-order valence-electron chi connectivity index (χ3n) is 5.31. The molecular formula is C27H20N2O4S. The summed E-state index contributed by atoms with van der Waals surface area (Å²) in [6.07, 6.45) is 1.89. The summed E-state index contributed by atoms with van der Waals surface area (Å²) >= 11 is 0. The van der Waals surface area contributed by atoms with Gasteiger partial charge in [0, 0.05) is 35.4 Å². The van der Waals surface area contributed by atoms with Gasteiger partial charge in [-0.3, -0.25) is 10.1 Å². The van der Waals surface area contributed by atoms with Gasteiger partial charge in [0.2, 0.25) is 10.0 Å². The zero-order valence-corrected chi connectivity index (χ0v) is 19.2. The molecule has 3 aromatic carbocycles. The zero-order chi connectivity index (χ0) is 24.1. The number of nitrogens with zero attached hydrogens (tertiary/aromatic N) is 2. The summed E-state index contributed by atoms with van der Waals surface area (Å²) in [6, 6.07) is 20.1. The average Bonchev–Trinajstić information content (AvgIpc) is 2.84. The van der Waals surface area contributed by atoms with Gasteiger partial charge in [-0.1, -0.05) is 60.1 Å². The van der Waals surface area contributed by atoms with Gasteiger partial charge in [0.05, 0.1) is 16.4 Å². The van der Waals surface area contributed by atoms with Crippen LogP contribution in [-0.4, -0.2) is 30.7 Å². The van der Waals surface area contributed by atoms with Crippen LogP contribution >= 0.6 is 0 Å². The molecule has 0 unspecified atom stereocenters. The fourth-order valence-electron chi connectivity index (χ4n) is 3.43. The Hall–Kier alpha value is -4.17. The molecule has 0 radical (unpaired) electrons. The van der Waals surface area contributed by atoms with E-state index >= 15 is 0 Å². The highest BCUT2D eigenvalue weighted by atomic mass is 32.2. The van der Waals surface area contributed by atoms with Crippen molar-refractivity contribution in [3.63, 3.8) is 0 Å². The Morgan fingerprint density at radius 2 is 1.56 bits per heavy atom. The lowest BCUT2D eigenvalue weighted by molar-refractivity contribution is -0.384. The molecule has 1 heterocycles. The molecule has 0 atom stereocenters. The van der Waals surface area contributed by atoms with Crippen LogP contribution in [0, 0.1) is 40.7 Å². The third kappa shape index (κ3) is 5.07. The van der Waals surface area contributed by atoms with Crippen molar-refractivity contribution in [1.29, 1.82) is 0 Å². The molecule has 7 heteroatoms. The van der Waals surface area contributed by atoms with Crippen molar-refractivity contribution in [3.8, 4) is 23.7 Å². The van der Waals surface area contributed by atoms with Crippen molar-refractivity contribution in [1.82, 2.24) is 4.31 Å². The number of nitro groups is 1. The fraction of sp³-hybridized carbons (Fsp3) is 0.111. The number of sulfonamides is 1. The van der Waals surface area contributed by atoms with Gasteiger partial charge in [-0.05, 0) is 48.4 Å². The summed E-state index contributed by atoms with van der Waals surface area (Å²) in [6.45, 7) is 1.93. The highest BCUT2D eigenvalue weighted by molar-refractivity contribution is 7.89. The lowest BCUT2D eigenvalue weighted by Gasteiger charge is -2.20. The molecule has 0 amide bonds. The lowest BCUT2D eigenvalue weighted by Crippen LogP contribution is -2.33. The topological polar surface area (TPSA) is 80.5 Å². The zero-order valence-electron chi connectivity index (χ0n) is 18.4. The van der Waals surface area contributed by atoms with Gasteiger partial charge >= 0.3 is 0 Å². The summed E-state index contributed by atoms with van der Waals surface area (Å²) < 4.78 is 28.2. The first-order chi connectivity index (χ1) is 16.3. The van der Waals surface area contributed by atoms with Gasteiger partial charge < -0.3 is 0 Å². The quantitative estimate of drug-likeness (QED) is 0.323. The second-order valence-corrected chi connectivity index (χ2v) is 9.59. The van der Waals surface area contributed by atoms with E-state index in [1.165, 1.54) is 28.6 Å². The van der Waals surface area contributed by atoms with Crippen LogP contribution in [0.2, 0.25) is 0 Å². The molecule has 0 aliphatic carbocycles. The average molecular weight is 469 g/mol. The van der Waals surface area contributed by atoms with E-state index < -0.39 is 14.9 Å². The van der Waals surface area contributed by atoms with Gasteiger partial charge in [0.1, 0.15) is 0 Å². The van der Waals surface area contributed by atoms with E-state index in [0.29, 0.717) is 5.57 Å². The summed E-state index contributed by atoms with van der Waals surface area (Å²) in [5.41, 5.74) is 3.91. The molecule has 0 fully saturated rings. The summed E-state index contributed by atoms with van der Waals surface area (Å²) in [5.74, 6) is 12.3. The van der Waals surface area contributed by atoms with Crippen molar-refractivity contribution in [2.45, 2.75) is 11.8 Å². The summed E-state index contributed by atoms with van der Waals surface area (Å²) in [4.78, 5) is 10.4. The molecule has 0 N–H and O–H groups in total. The molecule has 34 heavy (non-hydrogen) atoms. The molecule has 0 saturated heterocycles. The molecule has 0 spiro atoms. The number of nitro benzene ring substituents is 1. The summed E-state index contributed by atoms with van der Waals surface area (Å²) in [5, 5.41) is 11.0. The SMILES string of the molecule is Cc1ccccc1/C=C1/C#Cc2ccccc2C#CCN(S(=O)(=O)c2ccc([N+](=O)[O-])cc2)C1. The molecule has 6 nitrogen and oxygen atoms in total. The number of benzene rings is 3. The first-order valence-corrected chi connectivity index (χ1v) is 11.9. The van der Waals surface area contributed by atoms with Crippen LogP contribution in [-0.2, 0) is 10.0 Å². The van der Waals surface area contributed by atoms with Crippen LogP contribution in [0.1, 0.15) is 22.3 Å². The maximum Gasteiger partial charge on any atom is 0.269 e. The van der Waals surface area contributed by atoms with Gasteiger partial charge in [-0.25, -0.2) is 8.42 Å². The predicted molar refractivity (Wildman–Crippen MR) is 131 cm³/mol. The predicted octanol–water partition coefficient (Wildman–Crippen LogP) is 4.39. The van der Waals surface area contributed by atoms with E-state index in [4.69, 9.17) is 0 Å². The van der Waals surface area contributed by atoms with Crippen LogP contribution in [0.5, 0.6) is 0 Å². The Morgan fingerprint density at radius 3 is 2.24 bits per heavy atom. The molecular weight excluding hydrogens is 448 g/mol. The van der Waals surface area contributed by atoms with Gasteiger partial charge in [0.15, 0.2) is 0 Å². The Kier molecular flexibility index (Phi) is 6.60. The molecule has 1 aliphatic heterocycles. The van der Waals surface area contributed by atoms with E-state index in [0.717, 1.165) is 22.3 Å². The Morgan fingerprint density at radius 1 is 0.912 bits per heavy atom. The first-order valence-electron chi connectivity index (χ1n) is 10.5. The number of rotatable bonds is 4. The fourth-order valence-corrected chi connectivity index (χ4v) is 4.76. The highest BCUT2D eigenvalue weighted by Crippen LogP contribution is 2.22. The van der Waals surface area contributed by atoms with Crippen molar-refractivity contribution in [2.75, 3.05) is 13.1 Å². The monoisotopic (exact) mass is 468 g/mol. The Bertz CT molecular complexity index is 1520. The van der Waals surface area contributed by atoms with Crippen molar-refractivity contribution >= 4 is 21.8 Å². The van der Waals surface area contributed by atoms with Gasteiger partial charge in [-0.2, -0.15) is 4.31 Å². The third-order valence-corrected chi connectivity index (χ3v) is 7.12. The maximum atomic E-state index is 13.5. The van der Waals surface area contributed by atoms with Crippen LogP contribution in [0.25, 0.3) is 6.08 Å². The smallest absolute Gasteiger partial charge is 0.258 e. The largest absolute Gasteiger partial charge is 0.269 e. The number of hydrogen-bond acceptors (Lipinski definition) is 4. The second kappa shape index (κ2) is 9.76. The molecule has 0 bridgehead atoms. The normalized spacial score (nSPS) is 14.8. The van der Waals surface area contributed by atoms with Crippen molar-refractivity contribution in [2.24, 2.45) is 0 Å². The van der Waals surface area contributed by atoms with Crippen LogP contribution < -0.4 is 0 Å². The second-order valence-electron chi connectivity index (χ2n) is 7.65. The van der Waals surface area contributed by atoms with Crippen LogP contribution in [0.15, 0.2) is 83.3 Å². The minimum absolute atomic E-state index is 0.0114. The standard InChI is InChI=1S/C27H20N2O4S/c1-21-7-2-3-10-25(21)19-22-12-13-24-9-5-4-8-23(24)11-6-18-28(20-22)34(32,33)27-16-14-26(15-17-27)29(30)31/h2-5,7-10,14-17,19H,18,20H2,1H3/b22-19-. The molecule has 3 aromatic rings. The minimum Gasteiger partial charge on any atom is -0.258 e. The first kappa shape index (κ1) is 23.0. The Balaban J connectivity index is 1.80. The van der Waals surface area contributed by atoms with E-state index in [9.17, 15) is 18.5 Å². The highest BCUT2D eigenvalue weighted by Gasteiger charge is 2.25. The van der Waals surface area contributed by atoms with E-state index in [1.807, 2.05) is 61.5 Å². The number of aryl methyl sites for hydroxylation is 1. The molecule has 0 aromatic heterocycles. The molecule has 1 aliphatic rings. The number of non-ortho nitro benzene ring substituents is 1. The van der Waals surface area contributed by atoms with E-state index in [1.54, 1.807) is 0 Å².